The lowest BCUT2D eigenvalue weighted by Crippen LogP contribution is -2.44. The number of hydrogen-bond donors (Lipinski definition) is 1. The largest absolute Gasteiger partial charge is 0.304 e. The van der Waals surface area contributed by atoms with E-state index in [1.807, 2.05) is 0 Å². The summed E-state index contributed by atoms with van der Waals surface area (Å²) in [5.41, 5.74) is 0. The third-order valence-electron chi connectivity index (χ3n) is 3.97. The summed E-state index contributed by atoms with van der Waals surface area (Å²) in [6.07, 6.45) is 1.66. The molecule has 0 amide bonds. The third kappa shape index (κ3) is 5.79. The van der Waals surface area contributed by atoms with Crippen molar-refractivity contribution in [3.05, 3.63) is 28.5 Å². The SMILES string of the molecule is CN1CCN(CCCCNS(=O)(=O)c2cc(Br)ccc2F)CC1. The highest BCUT2D eigenvalue weighted by Gasteiger charge is 2.19. The average molecular weight is 408 g/mol. The van der Waals surface area contributed by atoms with Crippen molar-refractivity contribution in [1.29, 1.82) is 0 Å². The first-order valence-electron chi connectivity index (χ1n) is 7.74. The predicted octanol–water partition coefficient (Wildman–Crippen LogP) is 1.89. The second-order valence-corrected chi connectivity index (χ2v) is 8.48. The number of rotatable bonds is 7. The van der Waals surface area contributed by atoms with Crippen molar-refractivity contribution < 1.29 is 12.8 Å². The Balaban J connectivity index is 1.74. The van der Waals surface area contributed by atoms with Crippen molar-refractivity contribution in [2.75, 3.05) is 46.3 Å². The van der Waals surface area contributed by atoms with Crippen LogP contribution in [0, 0.1) is 5.82 Å². The molecule has 8 heteroatoms. The van der Waals surface area contributed by atoms with Crippen LogP contribution >= 0.6 is 15.9 Å². The number of sulfonamides is 1. The Morgan fingerprint density at radius 3 is 2.61 bits per heavy atom. The van der Waals surface area contributed by atoms with Gasteiger partial charge in [0.25, 0.3) is 0 Å². The van der Waals surface area contributed by atoms with Crippen LogP contribution in [0.3, 0.4) is 0 Å². The Bertz CT molecular complexity index is 619. The van der Waals surface area contributed by atoms with Crippen molar-refractivity contribution in [2.24, 2.45) is 0 Å². The third-order valence-corrected chi connectivity index (χ3v) is 5.94. The molecule has 0 unspecified atom stereocenters. The van der Waals surface area contributed by atoms with Gasteiger partial charge in [-0.05, 0) is 44.6 Å². The Hall–Kier alpha value is -0.540. The van der Waals surface area contributed by atoms with Gasteiger partial charge in [-0.25, -0.2) is 17.5 Å². The summed E-state index contributed by atoms with van der Waals surface area (Å²) in [7, 11) is -1.68. The van der Waals surface area contributed by atoms with Gasteiger partial charge in [0.15, 0.2) is 0 Å². The van der Waals surface area contributed by atoms with Gasteiger partial charge in [-0.3, -0.25) is 0 Å². The van der Waals surface area contributed by atoms with E-state index in [1.54, 1.807) is 0 Å². The molecular formula is C15H23BrFN3O2S. The van der Waals surface area contributed by atoms with Crippen molar-refractivity contribution in [2.45, 2.75) is 17.7 Å². The quantitative estimate of drug-likeness (QED) is 0.701. The zero-order chi connectivity index (χ0) is 16.9. The zero-order valence-corrected chi connectivity index (χ0v) is 15.7. The van der Waals surface area contributed by atoms with Crippen LogP contribution in [0.5, 0.6) is 0 Å². The van der Waals surface area contributed by atoms with Gasteiger partial charge in [0.1, 0.15) is 10.7 Å². The Morgan fingerprint density at radius 2 is 1.91 bits per heavy atom. The van der Waals surface area contributed by atoms with Gasteiger partial charge < -0.3 is 9.80 Å². The highest BCUT2D eigenvalue weighted by Crippen LogP contribution is 2.19. The van der Waals surface area contributed by atoms with Gasteiger partial charge in [0, 0.05) is 37.2 Å². The molecule has 0 bridgehead atoms. The molecule has 1 N–H and O–H groups in total. The summed E-state index contributed by atoms with van der Waals surface area (Å²) in [6, 6.07) is 3.90. The number of benzene rings is 1. The van der Waals surface area contributed by atoms with E-state index in [4.69, 9.17) is 0 Å². The molecule has 0 spiro atoms. The molecule has 0 saturated carbocycles. The van der Waals surface area contributed by atoms with Crippen LogP contribution in [-0.2, 0) is 10.0 Å². The van der Waals surface area contributed by atoms with E-state index >= 15 is 0 Å². The smallest absolute Gasteiger partial charge is 0.243 e. The molecule has 1 aromatic rings. The Labute approximate surface area is 146 Å². The van der Waals surface area contributed by atoms with Crippen LogP contribution in [0.2, 0.25) is 0 Å². The molecule has 5 nitrogen and oxygen atoms in total. The number of hydrogen-bond acceptors (Lipinski definition) is 4. The monoisotopic (exact) mass is 407 g/mol. The molecular weight excluding hydrogens is 385 g/mol. The number of unbranched alkanes of at least 4 members (excludes halogenated alkanes) is 1. The van der Waals surface area contributed by atoms with E-state index in [0.717, 1.165) is 51.6 Å². The highest BCUT2D eigenvalue weighted by molar-refractivity contribution is 9.10. The van der Waals surface area contributed by atoms with E-state index in [9.17, 15) is 12.8 Å². The van der Waals surface area contributed by atoms with Crippen molar-refractivity contribution in [1.82, 2.24) is 14.5 Å². The molecule has 1 saturated heterocycles. The lowest BCUT2D eigenvalue weighted by Gasteiger charge is -2.32. The summed E-state index contributed by atoms with van der Waals surface area (Å²) < 4.78 is 40.9. The van der Waals surface area contributed by atoms with Crippen LogP contribution in [0.4, 0.5) is 4.39 Å². The molecule has 23 heavy (non-hydrogen) atoms. The van der Waals surface area contributed by atoms with Gasteiger partial charge in [-0.15, -0.1) is 0 Å². The lowest BCUT2D eigenvalue weighted by molar-refractivity contribution is 0.152. The van der Waals surface area contributed by atoms with Gasteiger partial charge in [0.2, 0.25) is 10.0 Å². The van der Waals surface area contributed by atoms with E-state index < -0.39 is 15.8 Å². The average Bonchev–Trinajstić information content (AvgIpc) is 2.51. The number of likely N-dealkylation sites (N-methyl/N-ethyl adjacent to an activating group) is 1. The summed E-state index contributed by atoms with van der Waals surface area (Å²) in [5, 5.41) is 0. The number of nitrogens with zero attached hydrogens (tertiary/aromatic N) is 2. The number of piperazine rings is 1. The molecule has 1 fully saturated rings. The fourth-order valence-corrected chi connectivity index (χ4v) is 4.19. The van der Waals surface area contributed by atoms with Gasteiger partial charge in [-0.1, -0.05) is 15.9 Å². The van der Waals surface area contributed by atoms with Crippen molar-refractivity contribution >= 4 is 26.0 Å². The van der Waals surface area contributed by atoms with Crippen LogP contribution < -0.4 is 4.72 Å². The van der Waals surface area contributed by atoms with E-state index in [1.165, 1.54) is 12.1 Å². The molecule has 0 aromatic heterocycles. The summed E-state index contributed by atoms with van der Waals surface area (Å²) in [6.45, 7) is 5.57. The second-order valence-electron chi connectivity index (χ2n) is 5.82. The van der Waals surface area contributed by atoms with Crippen molar-refractivity contribution in [3.8, 4) is 0 Å². The molecule has 130 valence electrons. The topological polar surface area (TPSA) is 52.6 Å². The first-order chi connectivity index (χ1) is 10.9. The first kappa shape index (κ1) is 18.8. The molecule has 1 heterocycles. The minimum absolute atomic E-state index is 0.314. The molecule has 0 aliphatic carbocycles. The van der Waals surface area contributed by atoms with Crippen molar-refractivity contribution in [3.63, 3.8) is 0 Å². The summed E-state index contributed by atoms with van der Waals surface area (Å²) in [5.74, 6) is -0.738. The molecule has 2 rings (SSSR count). The maximum absolute atomic E-state index is 13.7. The van der Waals surface area contributed by atoms with Crippen LogP contribution in [0.25, 0.3) is 0 Å². The van der Waals surface area contributed by atoms with Gasteiger partial charge >= 0.3 is 0 Å². The zero-order valence-electron chi connectivity index (χ0n) is 13.3. The lowest BCUT2D eigenvalue weighted by atomic mass is 10.2. The summed E-state index contributed by atoms with van der Waals surface area (Å²) in [4.78, 5) is 4.38. The van der Waals surface area contributed by atoms with Crippen LogP contribution in [-0.4, -0.2) is 64.5 Å². The van der Waals surface area contributed by atoms with E-state index in [2.05, 4.69) is 37.5 Å². The summed E-state index contributed by atoms with van der Waals surface area (Å²) >= 11 is 3.16. The van der Waals surface area contributed by atoms with Crippen LogP contribution in [0.15, 0.2) is 27.6 Å². The Kier molecular flexibility index (Phi) is 6.97. The van der Waals surface area contributed by atoms with Gasteiger partial charge in [-0.2, -0.15) is 0 Å². The molecule has 0 radical (unpaired) electrons. The highest BCUT2D eigenvalue weighted by atomic mass is 79.9. The number of halogens is 2. The van der Waals surface area contributed by atoms with Crippen LogP contribution in [0.1, 0.15) is 12.8 Å². The fourth-order valence-electron chi connectivity index (χ4n) is 2.50. The van der Waals surface area contributed by atoms with E-state index in [-0.39, 0.29) is 4.90 Å². The minimum Gasteiger partial charge on any atom is -0.304 e. The first-order valence-corrected chi connectivity index (χ1v) is 10.0. The standard InChI is InChI=1S/C15H23BrFN3O2S/c1-19-8-10-20(11-9-19)7-3-2-6-18-23(21,22)15-12-13(16)4-5-14(15)17/h4-5,12,18H,2-3,6-11H2,1H3. The normalized spacial score (nSPS) is 17.5. The molecule has 1 aliphatic rings. The Morgan fingerprint density at radius 1 is 1.22 bits per heavy atom. The second kappa shape index (κ2) is 8.53. The predicted molar refractivity (Wildman–Crippen MR) is 92.5 cm³/mol. The number of nitrogens with one attached hydrogen (secondary N) is 1. The van der Waals surface area contributed by atoms with Gasteiger partial charge in [0.05, 0.1) is 0 Å². The minimum atomic E-state index is -3.80. The fraction of sp³-hybridized carbons (Fsp3) is 0.600. The molecule has 1 aromatic carbocycles. The maximum Gasteiger partial charge on any atom is 0.243 e. The molecule has 0 atom stereocenters. The van der Waals surface area contributed by atoms with E-state index in [0.29, 0.717) is 11.0 Å². The maximum atomic E-state index is 13.7. The molecule has 1 aliphatic heterocycles.